The summed E-state index contributed by atoms with van der Waals surface area (Å²) in [6.07, 6.45) is 0.203. The predicted molar refractivity (Wildman–Crippen MR) is 101 cm³/mol. The smallest absolute Gasteiger partial charge is 0.322 e. The zero-order chi connectivity index (χ0) is 20.4. The van der Waals surface area contributed by atoms with Crippen molar-refractivity contribution < 1.29 is 23.1 Å². The van der Waals surface area contributed by atoms with E-state index in [1.54, 1.807) is 42.3 Å². The molecule has 0 bridgehead atoms. The van der Waals surface area contributed by atoms with Crippen LogP contribution in [0.2, 0.25) is 0 Å². The molecule has 2 heterocycles. The minimum atomic E-state index is -0.694. The number of carbonyl (C=O) groups excluding carboxylic acids is 2. The Hall–Kier alpha value is -3.75. The number of ether oxygens (including phenoxy) is 1. The summed E-state index contributed by atoms with van der Waals surface area (Å²) in [5.41, 5.74) is 0.611. The van der Waals surface area contributed by atoms with Gasteiger partial charge in [0.1, 0.15) is 11.6 Å². The zero-order valence-electron chi connectivity index (χ0n) is 15.5. The lowest BCUT2D eigenvalue weighted by molar-refractivity contribution is -0.117. The Morgan fingerprint density at radius 2 is 1.97 bits per heavy atom. The minimum absolute atomic E-state index is 0.0738. The third-order valence-corrected chi connectivity index (χ3v) is 4.64. The van der Waals surface area contributed by atoms with Gasteiger partial charge in [-0.05, 0) is 36.4 Å². The summed E-state index contributed by atoms with van der Waals surface area (Å²) in [4.78, 5) is 26.2. The van der Waals surface area contributed by atoms with Gasteiger partial charge in [-0.15, -0.1) is 5.10 Å². The molecule has 148 valence electrons. The monoisotopic (exact) mass is 396 g/mol. The molecule has 1 saturated heterocycles. The first-order valence-electron chi connectivity index (χ1n) is 8.89. The van der Waals surface area contributed by atoms with Gasteiger partial charge in [0.15, 0.2) is 0 Å². The highest BCUT2D eigenvalue weighted by molar-refractivity contribution is 6.03. The Morgan fingerprint density at radius 1 is 1.21 bits per heavy atom. The van der Waals surface area contributed by atoms with Crippen molar-refractivity contribution in [3.8, 4) is 5.75 Å². The highest BCUT2D eigenvalue weighted by Crippen LogP contribution is 2.32. The molecule has 2 amide bonds. The molecule has 2 aromatic carbocycles. The summed E-state index contributed by atoms with van der Waals surface area (Å²) in [6.45, 7) is 0.369. The Kier molecular flexibility index (Phi) is 4.94. The van der Waals surface area contributed by atoms with Crippen molar-refractivity contribution in [1.82, 2.24) is 10.2 Å². The predicted octanol–water partition coefficient (Wildman–Crippen LogP) is 2.99. The minimum Gasteiger partial charge on any atom is -0.497 e. The molecule has 0 saturated carbocycles. The molecular formula is C20H17FN4O4. The van der Waals surface area contributed by atoms with E-state index in [-0.39, 0.29) is 35.7 Å². The molecule has 29 heavy (non-hydrogen) atoms. The van der Waals surface area contributed by atoms with Crippen LogP contribution in [0.1, 0.15) is 28.6 Å². The van der Waals surface area contributed by atoms with Crippen LogP contribution in [0.4, 0.5) is 16.1 Å². The van der Waals surface area contributed by atoms with Crippen LogP contribution in [0.25, 0.3) is 0 Å². The van der Waals surface area contributed by atoms with Gasteiger partial charge >= 0.3 is 6.01 Å². The lowest BCUT2D eigenvalue weighted by Gasteiger charge is -2.16. The van der Waals surface area contributed by atoms with E-state index in [1.165, 1.54) is 18.2 Å². The van der Waals surface area contributed by atoms with Crippen LogP contribution in [-0.4, -0.2) is 35.7 Å². The molecule has 1 aliphatic rings. The Bertz CT molecular complexity index is 1050. The van der Waals surface area contributed by atoms with Gasteiger partial charge in [0.05, 0.1) is 18.6 Å². The quantitative estimate of drug-likeness (QED) is 0.712. The van der Waals surface area contributed by atoms with Gasteiger partial charge in [-0.1, -0.05) is 17.2 Å². The van der Waals surface area contributed by atoms with Crippen molar-refractivity contribution in [2.75, 3.05) is 23.9 Å². The average molecular weight is 396 g/mol. The van der Waals surface area contributed by atoms with Crippen molar-refractivity contribution in [3.05, 3.63) is 65.8 Å². The lowest BCUT2D eigenvalue weighted by Crippen LogP contribution is -2.24. The van der Waals surface area contributed by atoms with Crippen LogP contribution < -0.4 is 15.0 Å². The molecule has 9 heteroatoms. The maximum absolute atomic E-state index is 13.7. The van der Waals surface area contributed by atoms with E-state index in [0.717, 1.165) is 5.69 Å². The van der Waals surface area contributed by atoms with Gasteiger partial charge in [0.25, 0.3) is 5.91 Å². The van der Waals surface area contributed by atoms with Gasteiger partial charge < -0.3 is 14.1 Å². The molecule has 0 unspecified atom stereocenters. The van der Waals surface area contributed by atoms with Crippen LogP contribution >= 0.6 is 0 Å². The second-order valence-corrected chi connectivity index (χ2v) is 6.48. The third kappa shape index (κ3) is 3.79. The summed E-state index contributed by atoms with van der Waals surface area (Å²) in [6, 6.07) is 12.6. The van der Waals surface area contributed by atoms with Crippen molar-refractivity contribution in [1.29, 1.82) is 0 Å². The van der Waals surface area contributed by atoms with E-state index < -0.39 is 11.7 Å². The van der Waals surface area contributed by atoms with Crippen molar-refractivity contribution in [2.24, 2.45) is 0 Å². The fraction of sp³-hybridized carbons (Fsp3) is 0.200. The Balaban J connectivity index is 1.45. The van der Waals surface area contributed by atoms with Crippen LogP contribution in [0, 0.1) is 5.82 Å². The molecule has 1 N–H and O–H groups in total. The van der Waals surface area contributed by atoms with Crippen LogP contribution in [0.15, 0.2) is 52.9 Å². The molecular weight excluding hydrogens is 379 g/mol. The fourth-order valence-corrected chi connectivity index (χ4v) is 3.14. The summed E-state index contributed by atoms with van der Waals surface area (Å²) in [5, 5.41) is 10.1. The largest absolute Gasteiger partial charge is 0.497 e. The topological polar surface area (TPSA) is 97.6 Å². The number of halogens is 1. The van der Waals surface area contributed by atoms with E-state index in [1.807, 2.05) is 0 Å². The van der Waals surface area contributed by atoms with E-state index in [9.17, 15) is 14.0 Å². The van der Waals surface area contributed by atoms with E-state index in [2.05, 4.69) is 15.5 Å². The van der Waals surface area contributed by atoms with Crippen molar-refractivity contribution in [3.63, 3.8) is 0 Å². The summed E-state index contributed by atoms with van der Waals surface area (Å²) in [5.74, 6) is -0.796. The van der Waals surface area contributed by atoms with Crippen molar-refractivity contribution >= 4 is 23.5 Å². The molecule has 1 atom stereocenters. The molecule has 4 rings (SSSR count). The highest BCUT2D eigenvalue weighted by atomic mass is 19.1. The molecule has 1 aromatic heterocycles. The second kappa shape index (κ2) is 7.70. The zero-order valence-corrected chi connectivity index (χ0v) is 15.5. The number of hydrogen-bond acceptors (Lipinski definition) is 6. The average Bonchev–Trinajstić information content (AvgIpc) is 3.35. The summed E-state index contributed by atoms with van der Waals surface area (Å²) >= 11 is 0. The van der Waals surface area contributed by atoms with E-state index in [0.29, 0.717) is 12.3 Å². The normalized spacial score (nSPS) is 16.1. The fourth-order valence-electron chi connectivity index (χ4n) is 3.14. The van der Waals surface area contributed by atoms with E-state index >= 15 is 0 Å². The molecule has 1 fully saturated rings. The molecule has 3 aromatic rings. The first kappa shape index (κ1) is 18.6. The number of nitrogens with zero attached hydrogens (tertiary/aromatic N) is 3. The first-order chi connectivity index (χ1) is 14.0. The van der Waals surface area contributed by atoms with Gasteiger partial charge in [-0.2, -0.15) is 0 Å². The van der Waals surface area contributed by atoms with Gasteiger partial charge in [0, 0.05) is 18.7 Å². The Labute approximate surface area is 165 Å². The number of benzene rings is 2. The molecule has 1 aliphatic heterocycles. The first-order valence-corrected chi connectivity index (χ1v) is 8.89. The number of amides is 2. The van der Waals surface area contributed by atoms with Gasteiger partial charge in [0.2, 0.25) is 11.8 Å². The number of aromatic nitrogens is 2. The SMILES string of the molecule is COc1ccc(N2C[C@@H](c3nnc(NC(=O)c4ccccc4F)o3)CC2=O)cc1. The maximum Gasteiger partial charge on any atom is 0.322 e. The molecule has 0 spiro atoms. The number of carbonyl (C=O) groups is 2. The van der Waals surface area contributed by atoms with Crippen LogP contribution in [0.5, 0.6) is 5.75 Å². The van der Waals surface area contributed by atoms with Crippen LogP contribution in [0.3, 0.4) is 0 Å². The molecule has 0 aliphatic carbocycles. The maximum atomic E-state index is 13.7. The standard InChI is InChI=1S/C20H17FN4O4/c1-28-14-8-6-13(7-9-14)25-11-12(10-17(25)26)19-23-24-20(29-19)22-18(27)15-4-2-3-5-16(15)21/h2-9,12H,10-11H2,1H3,(H,22,24,27)/t12-/m0/s1. The molecule has 8 nitrogen and oxygen atoms in total. The van der Waals surface area contributed by atoms with Gasteiger partial charge in [-0.25, -0.2) is 4.39 Å². The number of anilines is 2. The second-order valence-electron chi connectivity index (χ2n) is 6.48. The van der Waals surface area contributed by atoms with Gasteiger partial charge in [-0.3, -0.25) is 14.9 Å². The number of methoxy groups -OCH3 is 1. The summed E-state index contributed by atoms with van der Waals surface area (Å²) in [7, 11) is 1.57. The number of hydrogen-bond donors (Lipinski definition) is 1. The number of nitrogens with one attached hydrogen (secondary N) is 1. The Morgan fingerprint density at radius 3 is 2.69 bits per heavy atom. The van der Waals surface area contributed by atoms with E-state index in [4.69, 9.17) is 9.15 Å². The summed E-state index contributed by atoms with van der Waals surface area (Å²) < 4.78 is 24.3. The van der Waals surface area contributed by atoms with Crippen LogP contribution in [-0.2, 0) is 4.79 Å². The molecule has 0 radical (unpaired) electrons. The lowest BCUT2D eigenvalue weighted by atomic mass is 10.1. The third-order valence-electron chi connectivity index (χ3n) is 4.64. The van der Waals surface area contributed by atoms with Crippen molar-refractivity contribution in [2.45, 2.75) is 12.3 Å². The number of rotatable bonds is 5. The highest BCUT2D eigenvalue weighted by Gasteiger charge is 2.35.